The predicted octanol–water partition coefficient (Wildman–Crippen LogP) is -1.48. The Morgan fingerprint density at radius 2 is 2.23 bits per heavy atom. The van der Waals surface area contributed by atoms with Crippen LogP contribution in [0.2, 0.25) is 0 Å². The number of aryl methyl sites for hydroxylation is 1. The molecule has 1 aromatic rings. The molecule has 2 heterocycles. The van der Waals surface area contributed by atoms with E-state index in [1.807, 2.05) is 12.2 Å². The summed E-state index contributed by atoms with van der Waals surface area (Å²) in [5.74, 6) is -0.964. The Balaban J connectivity index is 1.85. The molecule has 1 unspecified atom stereocenters. The van der Waals surface area contributed by atoms with Crippen LogP contribution in [-0.2, 0) is 22.6 Å². The Morgan fingerprint density at radius 1 is 1.45 bits per heavy atom. The SMILES string of the molecule is CCc1cc(=O)n(CCNC(=O)C2CC(=O)NC(=O)N2)cn1. The standard InChI is InChI=1S/C13H17N5O4/c1-2-8-5-11(20)18(7-15-8)4-3-14-12(21)9-6-10(19)17-13(22)16-9/h5,7,9H,2-4,6H2,1H3,(H,14,21)(H2,16,17,19,22). The molecular weight excluding hydrogens is 290 g/mol. The van der Waals surface area contributed by atoms with Crippen LogP contribution in [0.4, 0.5) is 4.79 Å². The van der Waals surface area contributed by atoms with Crippen LogP contribution in [0.3, 0.4) is 0 Å². The molecule has 22 heavy (non-hydrogen) atoms. The number of carbonyl (C=O) groups excluding carboxylic acids is 3. The molecule has 2 rings (SSSR count). The van der Waals surface area contributed by atoms with Gasteiger partial charge in [-0.2, -0.15) is 0 Å². The number of urea groups is 1. The molecule has 3 N–H and O–H groups in total. The summed E-state index contributed by atoms with van der Waals surface area (Å²) in [6, 6.07) is -0.126. The molecule has 0 spiro atoms. The van der Waals surface area contributed by atoms with Crippen molar-refractivity contribution in [1.82, 2.24) is 25.5 Å². The molecule has 0 radical (unpaired) electrons. The lowest BCUT2D eigenvalue weighted by molar-refractivity contribution is -0.128. The zero-order valence-electron chi connectivity index (χ0n) is 12.1. The fourth-order valence-corrected chi connectivity index (χ4v) is 2.01. The van der Waals surface area contributed by atoms with Crippen molar-refractivity contribution in [3.8, 4) is 0 Å². The highest BCUT2D eigenvalue weighted by Crippen LogP contribution is 1.98. The third-order valence-corrected chi connectivity index (χ3v) is 3.21. The second kappa shape index (κ2) is 6.83. The van der Waals surface area contributed by atoms with Gasteiger partial charge in [0.05, 0.1) is 12.7 Å². The summed E-state index contributed by atoms with van der Waals surface area (Å²) in [7, 11) is 0. The summed E-state index contributed by atoms with van der Waals surface area (Å²) >= 11 is 0. The van der Waals surface area contributed by atoms with Gasteiger partial charge in [0, 0.05) is 24.8 Å². The van der Waals surface area contributed by atoms with Crippen LogP contribution in [0.25, 0.3) is 0 Å². The van der Waals surface area contributed by atoms with Crippen LogP contribution in [0.15, 0.2) is 17.2 Å². The molecule has 118 valence electrons. The third-order valence-electron chi connectivity index (χ3n) is 3.21. The average Bonchev–Trinajstić information content (AvgIpc) is 2.47. The molecule has 1 aliphatic heterocycles. The third kappa shape index (κ3) is 3.90. The summed E-state index contributed by atoms with van der Waals surface area (Å²) in [4.78, 5) is 50.0. The lowest BCUT2D eigenvalue weighted by atomic mass is 10.1. The summed E-state index contributed by atoms with van der Waals surface area (Å²) in [6.45, 7) is 2.36. The van der Waals surface area contributed by atoms with Crippen LogP contribution in [0.5, 0.6) is 0 Å². The smallest absolute Gasteiger partial charge is 0.322 e. The Labute approximate surface area is 126 Å². The van der Waals surface area contributed by atoms with E-state index < -0.39 is 23.9 Å². The van der Waals surface area contributed by atoms with Crippen molar-refractivity contribution in [2.45, 2.75) is 32.4 Å². The minimum absolute atomic E-state index is 0.107. The van der Waals surface area contributed by atoms with Crippen LogP contribution in [0.1, 0.15) is 19.0 Å². The van der Waals surface area contributed by atoms with Crippen molar-refractivity contribution in [2.24, 2.45) is 0 Å². The van der Waals surface area contributed by atoms with Crippen LogP contribution in [0, 0.1) is 0 Å². The largest absolute Gasteiger partial charge is 0.353 e. The second-order valence-electron chi connectivity index (χ2n) is 4.83. The van der Waals surface area contributed by atoms with Crippen molar-refractivity contribution < 1.29 is 14.4 Å². The number of hydrogen-bond acceptors (Lipinski definition) is 5. The first-order valence-electron chi connectivity index (χ1n) is 6.93. The van der Waals surface area contributed by atoms with Gasteiger partial charge in [0.1, 0.15) is 6.04 Å². The van der Waals surface area contributed by atoms with Crippen molar-refractivity contribution >= 4 is 17.8 Å². The lowest BCUT2D eigenvalue weighted by Gasteiger charge is -2.22. The van der Waals surface area contributed by atoms with E-state index in [9.17, 15) is 19.2 Å². The zero-order valence-corrected chi connectivity index (χ0v) is 12.1. The van der Waals surface area contributed by atoms with Gasteiger partial charge in [0.25, 0.3) is 5.56 Å². The zero-order chi connectivity index (χ0) is 16.1. The van der Waals surface area contributed by atoms with Crippen LogP contribution >= 0.6 is 0 Å². The molecule has 0 aliphatic carbocycles. The highest BCUT2D eigenvalue weighted by Gasteiger charge is 2.28. The van der Waals surface area contributed by atoms with E-state index in [2.05, 4.69) is 15.6 Å². The molecule has 1 saturated heterocycles. The van der Waals surface area contributed by atoms with E-state index in [1.54, 1.807) is 0 Å². The maximum Gasteiger partial charge on any atom is 0.322 e. The van der Waals surface area contributed by atoms with Gasteiger partial charge >= 0.3 is 6.03 Å². The van der Waals surface area contributed by atoms with Crippen molar-refractivity contribution in [2.75, 3.05) is 6.54 Å². The number of aromatic nitrogens is 2. The van der Waals surface area contributed by atoms with E-state index in [4.69, 9.17) is 0 Å². The normalized spacial score (nSPS) is 17.6. The number of imide groups is 1. The maximum absolute atomic E-state index is 11.9. The van der Waals surface area contributed by atoms with Gasteiger partial charge < -0.3 is 10.6 Å². The Morgan fingerprint density at radius 3 is 2.86 bits per heavy atom. The first kappa shape index (κ1) is 15.7. The van der Waals surface area contributed by atoms with Gasteiger partial charge in [-0.3, -0.25) is 24.3 Å². The van der Waals surface area contributed by atoms with E-state index in [-0.39, 0.29) is 25.1 Å². The van der Waals surface area contributed by atoms with Gasteiger partial charge in [-0.05, 0) is 6.42 Å². The van der Waals surface area contributed by atoms with Gasteiger partial charge in [-0.15, -0.1) is 0 Å². The molecule has 4 amide bonds. The minimum Gasteiger partial charge on any atom is -0.353 e. The van der Waals surface area contributed by atoms with E-state index in [1.165, 1.54) is 17.0 Å². The monoisotopic (exact) mass is 307 g/mol. The number of amides is 4. The molecule has 9 heteroatoms. The molecule has 0 saturated carbocycles. The summed E-state index contributed by atoms with van der Waals surface area (Å²) in [5.41, 5.74) is 0.521. The van der Waals surface area contributed by atoms with E-state index >= 15 is 0 Å². The maximum atomic E-state index is 11.9. The molecule has 1 aromatic heterocycles. The number of nitrogens with one attached hydrogen (secondary N) is 3. The van der Waals surface area contributed by atoms with Crippen molar-refractivity contribution in [3.05, 3.63) is 28.4 Å². The number of carbonyl (C=O) groups is 3. The van der Waals surface area contributed by atoms with E-state index in [0.717, 1.165) is 0 Å². The average molecular weight is 307 g/mol. The summed E-state index contributed by atoms with van der Waals surface area (Å²) in [6.07, 6.45) is 2.00. The van der Waals surface area contributed by atoms with Gasteiger partial charge in [0.15, 0.2) is 0 Å². The lowest BCUT2D eigenvalue weighted by Crippen LogP contribution is -2.57. The summed E-state index contributed by atoms with van der Waals surface area (Å²) in [5, 5.41) is 6.98. The summed E-state index contributed by atoms with van der Waals surface area (Å²) < 4.78 is 1.38. The first-order chi connectivity index (χ1) is 10.5. The molecule has 1 atom stereocenters. The van der Waals surface area contributed by atoms with Crippen molar-refractivity contribution in [3.63, 3.8) is 0 Å². The highest BCUT2D eigenvalue weighted by molar-refractivity contribution is 6.02. The topological polar surface area (TPSA) is 122 Å². The number of hydrogen-bond donors (Lipinski definition) is 3. The van der Waals surface area contributed by atoms with Gasteiger partial charge in [-0.1, -0.05) is 6.92 Å². The molecule has 1 fully saturated rings. The Kier molecular flexibility index (Phi) is 4.87. The molecular formula is C13H17N5O4. The minimum atomic E-state index is -0.890. The fourth-order valence-electron chi connectivity index (χ4n) is 2.01. The Hall–Kier alpha value is -2.71. The predicted molar refractivity (Wildman–Crippen MR) is 76.0 cm³/mol. The van der Waals surface area contributed by atoms with Gasteiger partial charge in [-0.25, -0.2) is 9.78 Å². The molecule has 0 aromatic carbocycles. The molecule has 9 nitrogen and oxygen atoms in total. The van der Waals surface area contributed by atoms with Crippen LogP contribution < -0.4 is 21.5 Å². The Bertz CT molecular complexity index is 638. The highest BCUT2D eigenvalue weighted by atomic mass is 16.2. The molecule has 1 aliphatic rings. The van der Waals surface area contributed by atoms with Gasteiger partial charge in [0.2, 0.25) is 11.8 Å². The van der Waals surface area contributed by atoms with Crippen molar-refractivity contribution in [1.29, 1.82) is 0 Å². The number of nitrogens with zero attached hydrogens (tertiary/aromatic N) is 2. The first-order valence-corrected chi connectivity index (χ1v) is 6.93. The second-order valence-corrected chi connectivity index (χ2v) is 4.83. The fraction of sp³-hybridized carbons (Fsp3) is 0.462. The van der Waals surface area contributed by atoms with Crippen LogP contribution in [-0.4, -0.2) is 40.0 Å². The van der Waals surface area contributed by atoms with E-state index in [0.29, 0.717) is 12.1 Å². The number of rotatable bonds is 5. The molecule has 0 bridgehead atoms. The quantitative estimate of drug-likeness (QED) is 0.612.